The molecule has 136 valence electrons. The number of amides is 1. The number of nitrogens with zero attached hydrogens (tertiary/aromatic N) is 4. The smallest absolute Gasteiger partial charge is 0.259 e. The molecule has 0 aliphatic carbocycles. The Bertz CT molecular complexity index is 972. The number of aromatic nitrogens is 4. The number of ether oxygens (including phenoxy) is 1. The zero-order chi connectivity index (χ0) is 18.3. The SMILES string of the molecule is Cc1nscc1C(=O)Nc1ncnc2c1c(C)c(C)n2C[C@@H]1CCCO1. The minimum Gasteiger partial charge on any atom is -0.376 e. The number of rotatable bonds is 4. The highest BCUT2D eigenvalue weighted by molar-refractivity contribution is 7.04. The van der Waals surface area contributed by atoms with Gasteiger partial charge < -0.3 is 14.6 Å². The molecule has 7 nitrogen and oxygen atoms in total. The van der Waals surface area contributed by atoms with E-state index in [0.29, 0.717) is 11.4 Å². The predicted octanol–water partition coefficient (Wildman–Crippen LogP) is 3.24. The van der Waals surface area contributed by atoms with Crippen LogP contribution >= 0.6 is 11.5 Å². The summed E-state index contributed by atoms with van der Waals surface area (Å²) >= 11 is 1.27. The van der Waals surface area contributed by atoms with Gasteiger partial charge in [0, 0.05) is 17.7 Å². The number of hydrogen-bond acceptors (Lipinski definition) is 6. The fraction of sp³-hybridized carbons (Fsp3) is 0.444. The molecule has 0 spiro atoms. The van der Waals surface area contributed by atoms with E-state index in [2.05, 4.69) is 31.1 Å². The van der Waals surface area contributed by atoms with E-state index < -0.39 is 0 Å². The summed E-state index contributed by atoms with van der Waals surface area (Å²) in [5, 5.41) is 5.58. The molecule has 1 aliphatic rings. The second-order valence-corrected chi connectivity index (χ2v) is 7.27. The molecule has 1 N–H and O–H groups in total. The molecule has 4 rings (SSSR count). The van der Waals surface area contributed by atoms with Gasteiger partial charge in [0.25, 0.3) is 5.91 Å². The largest absolute Gasteiger partial charge is 0.376 e. The lowest BCUT2D eigenvalue weighted by Crippen LogP contribution is -2.16. The van der Waals surface area contributed by atoms with Crippen molar-refractivity contribution in [2.24, 2.45) is 0 Å². The van der Waals surface area contributed by atoms with Crippen molar-refractivity contribution in [2.45, 2.75) is 46.3 Å². The van der Waals surface area contributed by atoms with E-state index >= 15 is 0 Å². The van der Waals surface area contributed by atoms with Crippen LogP contribution in [-0.2, 0) is 11.3 Å². The van der Waals surface area contributed by atoms with Crippen molar-refractivity contribution in [3.63, 3.8) is 0 Å². The van der Waals surface area contributed by atoms with Gasteiger partial charge in [0.2, 0.25) is 0 Å². The molecule has 3 aromatic rings. The number of anilines is 1. The van der Waals surface area contributed by atoms with E-state index in [1.807, 2.05) is 13.8 Å². The lowest BCUT2D eigenvalue weighted by molar-refractivity contribution is 0.0974. The first kappa shape index (κ1) is 17.1. The molecule has 0 radical (unpaired) electrons. The fourth-order valence-corrected chi connectivity index (χ4v) is 4.16. The number of carbonyl (C=O) groups is 1. The van der Waals surface area contributed by atoms with Crippen molar-refractivity contribution >= 4 is 34.3 Å². The lowest BCUT2D eigenvalue weighted by atomic mass is 10.2. The fourth-order valence-electron chi connectivity index (χ4n) is 3.46. The molecule has 1 atom stereocenters. The zero-order valence-corrected chi connectivity index (χ0v) is 15.9. The van der Waals surface area contributed by atoms with Gasteiger partial charge in [-0.3, -0.25) is 4.79 Å². The maximum Gasteiger partial charge on any atom is 0.259 e. The highest BCUT2D eigenvalue weighted by Gasteiger charge is 2.23. The van der Waals surface area contributed by atoms with Gasteiger partial charge in [0.05, 0.1) is 29.3 Å². The summed E-state index contributed by atoms with van der Waals surface area (Å²) in [6.45, 7) is 7.54. The molecule has 1 saturated heterocycles. The molecule has 1 aliphatic heterocycles. The van der Waals surface area contributed by atoms with Gasteiger partial charge in [-0.25, -0.2) is 9.97 Å². The normalized spacial score (nSPS) is 17.1. The average molecular weight is 371 g/mol. The van der Waals surface area contributed by atoms with E-state index in [9.17, 15) is 4.79 Å². The summed E-state index contributed by atoms with van der Waals surface area (Å²) in [5.74, 6) is 0.345. The number of hydrogen-bond donors (Lipinski definition) is 1. The Hall–Kier alpha value is -2.32. The Morgan fingerprint density at radius 3 is 2.92 bits per heavy atom. The second kappa shape index (κ2) is 6.77. The van der Waals surface area contributed by atoms with Gasteiger partial charge in [-0.05, 0) is 50.7 Å². The van der Waals surface area contributed by atoms with Crippen LogP contribution in [0.5, 0.6) is 0 Å². The van der Waals surface area contributed by atoms with Crippen LogP contribution in [-0.4, -0.2) is 37.5 Å². The summed E-state index contributed by atoms with van der Waals surface area (Å²) < 4.78 is 12.1. The zero-order valence-electron chi connectivity index (χ0n) is 15.1. The van der Waals surface area contributed by atoms with Gasteiger partial charge in [0.15, 0.2) is 0 Å². The Morgan fingerprint density at radius 2 is 2.23 bits per heavy atom. The number of fused-ring (bicyclic) bond motifs is 1. The van der Waals surface area contributed by atoms with Gasteiger partial charge in [-0.2, -0.15) is 4.37 Å². The Labute approximate surface area is 155 Å². The van der Waals surface area contributed by atoms with Crippen LogP contribution in [0.3, 0.4) is 0 Å². The van der Waals surface area contributed by atoms with Crippen molar-refractivity contribution in [3.8, 4) is 0 Å². The number of aryl methyl sites for hydroxylation is 2. The standard InChI is InChI=1S/C18H21N5O2S/c1-10-12(3)23(7-13-5-4-6-25-13)17-15(10)16(19-9-20-17)21-18(24)14-8-26-22-11(14)2/h8-9,13H,4-7H2,1-3H3,(H,19,20,21,24)/t13-/m0/s1. The number of carbonyl (C=O) groups excluding carboxylic acids is 1. The van der Waals surface area contributed by atoms with Crippen molar-refractivity contribution in [3.05, 3.63) is 34.2 Å². The van der Waals surface area contributed by atoms with Crippen molar-refractivity contribution in [2.75, 3.05) is 11.9 Å². The minimum atomic E-state index is -0.194. The first-order valence-corrected chi connectivity index (χ1v) is 9.54. The molecule has 1 amide bonds. The number of nitrogens with one attached hydrogen (secondary N) is 1. The van der Waals surface area contributed by atoms with Gasteiger partial charge >= 0.3 is 0 Å². The van der Waals surface area contributed by atoms with Crippen molar-refractivity contribution in [1.82, 2.24) is 18.9 Å². The molecular weight excluding hydrogens is 350 g/mol. The molecule has 1 fully saturated rings. The molecule has 0 saturated carbocycles. The maximum atomic E-state index is 12.6. The first-order chi connectivity index (χ1) is 12.6. The Kier molecular flexibility index (Phi) is 4.46. The van der Waals surface area contributed by atoms with Crippen LogP contribution in [0.4, 0.5) is 5.82 Å². The maximum absolute atomic E-state index is 12.6. The summed E-state index contributed by atoms with van der Waals surface area (Å²) in [6, 6.07) is 0. The van der Waals surface area contributed by atoms with E-state index in [1.54, 1.807) is 5.38 Å². The summed E-state index contributed by atoms with van der Waals surface area (Å²) in [4.78, 5) is 21.4. The van der Waals surface area contributed by atoms with E-state index in [1.165, 1.54) is 17.9 Å². The van der Waals surface area contributed by atoms with Crippen LogP contribution < -0.4 is 5.32 Å². The second-order valence-electron chi connectivity index (χ2n) is 6.64. The van der Waals surface area contributed by atoms with Gasteiger partial charge in [-0.15, -0.1) is 0 Å². The molecular formula is C18H21N5O2S. The van der Waals surface area contributed by atoms with Crippen LogP contribution in [0.25, 0.3) is 11.0 Å². The Morgan fingerprint density at radius 1 is 1.38 bits per heavy atom. The van der Waals surface area contributed by atoms with E-state index in [0.717, 1.165) is 54.0 Å². The third kappa shape index (κ3) is 2.89. The van der Waals surface area contributed by atoms with Crippen LogP contribution in [0, 0.1) is 20.8 Å². The third-order valence-corrected chi connectivity index (χ3v) is 5.76. The first-order valence-electron chi connectivity index (χ1n) is 8.70. The average Bonchev–Trinajstić information content (AvgIpc) is 3.33. The molecule has 8 heteroatoms. The van der Waals surface area contributed by atoms with Gasteiger partial charge in [0.1, 0.15) is 17.8 Å². The monoisotopic (exact) mass is 371 g/mol. The van der Waals surface area contributed by atoms with Gasteiger partial charge in [-0.1, -0.05) is 0 Å². The van der Waals surface area contributed by atoms with Crippen molar-refractivity contribution < 1.29 is 9.53 Å². The third-order valence-electron chi connectivity index (χ3n) is 5.04. The molecule has 26 heavy (non-hydrogen) atoms. The highest BCUT2D eigenvalue weighted by Crippen LogP contribution is 2.30. The quantitative estimate of drug-likeness (QED) is 0.761. The lowest BCUT2D eigenvalue weighted by Gasteiger charge is -2.13. The molecule has 0 bridgehead atoms. The van der Waals surface area contributed by atoms with Crippen LogP contribution in [0.2, 0.25) is 0 Å². The molecule has 0 aromatic carbocycles. The summed E-state index contributed by atoms with van der Waals surface area (Å²) in [7, 11) is 0. The molecule has 0 unspecified atom stereocenters. The van der Waals surface area contributed by atoms with E-state index in [-0.39, 0.29) is 12.0 Å². The van der Waals surface area contributed by atoms with Crippen LogP contribution in [0.1, 0.15) is 40.2 Å². The molecule has 3 aromatic heterocycles. The predicted molar refractivity (Wildman–Crippen MR) is 101 cm³/mol. The summed E-state index contributed by atoms with van der Waals surface area (Å²) in [6.07, 6.45) is 3.89. The highest BCUT2D eigenvalue weighted by atomic mass is 32.1. The topological polar surface area (TPSA) is 81.9 Å². The van der Waals surface area contributed by atoms with E-state index in [4.69, 9.17) is 4.74 Å². The van der Waals surface area contributed by atoms with Crippen LogP contribution in [0.15, 0.2) is 11.7 Å². The molecule has 4 heterocycles. The minimum absolute atomic E-state index is 0.194. The summed E-state index contributed by atoms with van der Waals surface area (Å²) in [5.41, 5.74) is 4.34. The van der Waals surface area contributed by atoms with Crippen molar-refractivity contribution in [1.29, 1.82) is 0 Å². The Balaban J connectivity index is 1.72.